The summed E-state index contributed by atoms with van der Waals surface area (Å²) in [5.41, 5.74) is 0. The first-order chi connectivity index (χ1) is 9.29. The lowest BCUT2D eigenvalue weighted by atomic mass is 9.91. The van der Waals surface area contributed by atoms with E-state index in [0.717, 1.165) is 31.2 Å². The van der Waals surface area contributed by atoms with Crippen LogP contribution in [0.2, 0.25) is 0 Å². The standard InChI is InChI=1S/C16H28N2O/c1-2-17-11-7-9-12(10-8-11)18-16(19)15-13-5-3-4-6-14(13)15/h11-15,17H,2-10H2,1H3,(H,18,19). The molecule has 2 atom stereocenters. The lowest BCUT2D eigenvalue weighted by Crippen LogP contribution is -2.42. The largest absolute Gasteiger partial charge is 0.353 e. The van der Waals surface area contributed by atoms with Crippen molar-refractivity contribution in [3.63, 3.8) is 0 Å². The molecule has 0 spiro atoms. The number of fused-ring (bicyclic) bond motifs is 1. The molecule has 2 N–H and O–H groups in total. The second kappa shape index (κ2) is 5.82. The van der Waals surface area contributed by atoms with E-state index >= 15 is 0 Å². The molecular weight excluding hydrogens is 236 g/mol. The van der Waals surface area contributed by atoms with Gasteiger partial charge in [-0.25, -0.2) is 0 Å². The molecule has 0 aliphatic heterocycles. The number of rotatable bonds is 4. The van der Waals surface area contributed by atoms with E-state index < -0.39 is 0 Å². The zero-order chi connectivity index (χ0) is 13.2. The molecule has 3 aliphatic rings. The van der Waals surface area contributed by atoms with Gasteiger partial charge in [0, 0.05) is 18.0 Å². The molecule has 3 aliphatic carbocycles. The lowest BCUT2D eigenvalue weighted by Gasteiger charge is -2.29. The molecular formula is C16H28N2O. The molecule has 19 heavy (non-hydrogen) atoms. The molecule has 108 valence electrons. The summed E-state index contributed by atoms with van der Waals surface area (Å²) in [5, 5.41) is 6.85. The third-order valence-electron chi connectivity index (χ3n) is 5.53. The van der Waals surface area contributed by atoms with E-state index in [2.05, 4.69) is 17.6 Å². The van der Waals surface area contributed by atoms with Gasteiger partial charge in [0.2, 0.25) is 5.91 Å². The van der Waals surface area contributed by atoms with Crippen molar-refractivity contribution < 1.29 is 4.79 Å². The van der Waals surface area contributed by atoms with E-state index in [9.17, 15) is 4.79 Å². The van der Waals surface area contributed by atoms with Gasteiger partial charge >= 0.3 is 0 Å². The summed E-state index contributed by atoms with van der Waals surface area (Å²) in [6.45, 7) is 3.23. The second-order valence-electron chi connectivity index (χ2n) is 6.75. The summed E-state index contributed by atoms with van der Waals surface area (Å²) < 4.78 is 0. The summed E-state index contributed by atoms with van der Waals surface area (Å²) in [6, 6.07) is 1.13. The van der Waals surface area contributed by atoms with Gasteiger partial charge < -0.3 is 10.6 Å². The predicted octanol–water partition coefficient (Wildman–Crippen LogP) is 2.46. The van der Waals surface area contributed by atoms with Crippen molar-refractivity contribution in [2.75, 3.05) is 6.54 Å². The van der Waals surface area contributed by atoms with Crippen LogP contribution in [0.4, 0.5) is 0 Å². The van der Waals surface area contributed by atoms with E-state index in [1.165, 1.54) is 38.5 Å². The molecule has 0 radical (unpaired) electrons. The predicted molar refractivity (Wildman–Crippen MR) is 76.8 cm³/mol. The highest BCUT2D eigenvalue weighted by atomic mass is 16.2. The number of carbonyl (C=O) groups is 1. The molecule has 0 saturated heterocycles. The summed E-state index contributed by atoms with van der Waals surface area (Å²) in [6.07, 6.45) is 10.0. The van der Waals surface area contributed by atoms with Crippen LogP contribution in [-0.4, -0.2) is 24.5 Å². The molecule has 3 fully saturated rings. The van der Waals surface area contributed by atoms with Crippen LogP contribution in [0.3, 0.4) is 0 Å². The highest BCUT2D eigenvalue weighted by molar-refractivity contribution is 5.82. The average Bonchev–Trinajstić information content (AvgIpc) is 3.15. The molecule has 2 unspecified atom stereocenters. The van der Waals surface area contributed by atoms with Crippen molar-refractivity contribution >= 4 is 5.91 Å². The van der Waals surface area contributed by atoms with Crippen molar-refractivity contribution in [1.82, 2.24) is 10.6 Å². The van der Waals surface area contributed by atoms with Gasteiger partial charge in [0.25, 0.3) is 0 Å². The molecule has 0 heterocycles. The van der Waals surface area contributed by atoms with E-state index in [-0.39, 0.29) is 0 Å². The van der Waals surface area contributed by atoms with Crippen molar-refractivity contribution in [2.24, 2.45) is 17.8 Å². The van der Waals surface area contributed by atoms with Gasteiger partial charge in [-0.05, 0) is 56.9 Å². The van der Waals surface area contributed by atoms with Crippen molar-refractivity contribution in [2.45, 2.75) is 70.4 Å². The monoisotopic (exact) mass is 264 g/mol. The Labute approximate surface area is 116 Å². The van der Waals surface area contributed by atoms with Crippen LogP contribution < -0.4 is 10.6 Å². The fraction of sp³-hybridized carbons (Fsp3) is 0.938. The van der Waals surface area contributed by atoms with E-state index in [1.807, 2.05) is 0 Å². The molecule has 0 aromatic carbocycles. The Hall–Kier alpha value is -0.570. The van der Waals surface area contributed by atoms with E-state index in [0.29, 0.717) is 23.9 Å². The zero-order valence-corrected chi connectivity index (χ0v) is 12.2. The Morgan fingerprint density at radius 2 is 1.53 bits per heavy atom. The Kier molecular flexibility index (Phi) is 4.11. The first-order valence-corrected chi connectivity index (χ1v) is 8.33. The Balaban J connectivity index is 1.41. The summed E-state index contributed by atoms with van der Waals surface area (Å²) in [7, 11) is 0. The SMILES string of the molecule is CCNC1CCC(NC(=O)C2C3CCCCC32)CC1. The third kappa shape index (κ3) is 2.96. The minimum Gasteiger partial charge on any atom is -0.353 e. The van der Waals surface area contributed by atoms with Gasteiger partial charge in [0.15, 0.2) is 0 Å². The van der Waals surface area contributed by atoms with Gasteiger partial charge in [-0.3, -0.25) is 4.79 Å². The molecule has 0 aromatic rings. The van der Waals surface area contributed by atoms with Crippen molar-refractivity contribution in [1.29, 1.82) is 0 Å². The summed E-state index contributed by atoms with van der Waals surface area (Å²) in [4.78, 5) is 12.3. The van der Waals surface area contributed by atoms with Gasteiger partial charge in [0.1, 0.15) is 0 Å². The van der Waals surface area contributed by atoms with Crippen LogP contribution in [0.1, 0.15) is 58.3 Å². The Morgan fingerprint density at radius 1 is 0.947 bits per heavy atom. The van der Waals surface area contributed by atoms with Crippen molar-refractivity contribution in [3.8, 4) is 0 Å². The molecule has 0 aromatic heterocycles. The Bertz CT molecular complexity index is 311. The lowest BCUT2D eigenvalue weighted by molar-refractivity contribution is -0.123. The third-order valence-corrected chi connectivity index (χ3v) is 5.53. The number of amides is 1. The van der Waals surface area contributed by atoms with Crippen LogP contribution in [0, 0.1) is 17.8 Å². The highest BCUT2D eigenvalue weighted by Gasteiger charge is 2.54. The molecule has 3 heteroatoms. The molecule has 3 saturated carbocycles. The fourth-order valence-electron chi connectivity index (χ4n) is 4.41. The summed E-state index contributed by atoms with van der Waals surface area (Å²) >= 11 is 0. The van der Waals surface area contributed by atoms with E-state index in [4.69, 9.17) is 0 Å². The van der Waals surface area contributed by atoms with Crippen LogP contribution >= 0.6 is 0 Å². The van der Waals surface area contributed by atoms with Crippen LogP contribution in [-0.2, 0) is 4.79 Å². The van der Waals surface area contributed by atoms with Gasteiger partial charge in [0.05, 0.1) is 0 Å². The van der Waals surface area contributed by atoms with Gasteiger partial charge in [-0.1, -0.05) is 19.8 Å². The first kappa shape index (κ1) is 13.4. The first-order valence-electron chi connectivity index (χ1n) is 8.33. The minimum absolute atomic E-state index is 0.379. The second-order valence-corrected chi connectivity index (χ2v) is 6.75. The van der Waals surface area contributed by atoms with Crippen LogP contribution in [0.15, 0.2) is 0 Å². The number of hydrogen-bond acceptors (Lipinski definition) is 2. The van der Waals surface area contributed by atoms with Gasteiger partial charge in [-0.15, -0.1) is 0 Å². The quantitative estimate of drug-likeness (QED) is 0.819. The maximum Gasteiger partial charge on any atom is 0.223 e. The molecule has 0 bridgehead atoms. The Morgan fingerprint density at radius 3 is 2.11 bits per heavy atom. The molecule has 3 rings (SSSR count). The smallest absolute Gasteiger partial charge is 0.223 e. The normalized spacial score (nSPS) is 41.4. The van der Waals surface area contributed by atoms with Crippen molar-refractivity contribution in [3.05, 3.63) is 0 Å². The number of nitrogens with one attached hydrogen (secondary N) is 2. The van der Waals surface area contributed by atoms with Crippen LogP contribution in [0.25, 0.3) is 0 Å². The topological polar surface area (TPSA) is 41.1 Å². The number of carbonyl (C=O) groups excluding carboxylic acids is 1. The van der Waals surface area contributed by atoms with E-state index in [1.54, 1.807) is 0 Å². The zero-order valence-electron chi connectivity index (χ0n) is 12.2. The maximum absolute atomic E-state index is 12.3. The number of hydrogen-bond donors (Lipinski definition) is 2. The van der Waals surface area contributed by atoms with Crippen LogP contribution in [0.5, 0.6) is 0 Å². The fourth-order valence-corrected chi connectivity index (χ4v) is 4.41. The van der Waals surface area contributed by atoms with Gasteiger partial charge in [-0.2, -0.15) is 0 Å². The average molecular weight is 264 g/mol. The molecule has 3 nitrogen and oxygen atoms in total. The minimum atomic E-state index is 0.379. The molecule has 1 amide bonds. The summed E-state index contributed by atoms with van der Waals surface area (Å²) in [5.74, 6) is 2.25. The highest BCUT2D eigenvalue weighted by Crippen LogP contribution is 2.55. The maximum atomic E-state index is 12.3.